The average molecular weight is 411 g/mol. The second-order valence-corrected chi connectivity index (χ2v) is 6.69. The van der Waals surface area contributed by atoms with Crippen LogP contribution in [0.5, 0.6) is 5.75 Å². The number of nitrogens with two attached hydrogens (primary N) is 1. The summed E-state index contributed by atoms with van der Waals surface area (Å²) in [5, 5.41) is 10.3. The van der Waals surface area contributed by atoms with E-state index in [-0.39, 0.29) is 36.0 Å². The van der Waals surface area contributed by atoms with E-state index in [0.717, 1.165) is 22.3 Å². The summed E-state index contributed by atoms with van der Waals surface area (Å²) < 4.78 is 7.50. The SMILES string of the molecule is Cc1c(CC(N)=O)c2c(OCC(=O)O)cccc2n1Cc1cccc(Cl)c1.[NaH]. The fraction of sp³-hybridized carbons (Fsp3) is 0.200. The number of aliphatic carboxylic acids is 1. The molecule has 3 aromatic rings. The predicted octanol–water partition coefficient (Wildman–Crippen LogP) is 2.49. The van der Waals surface area contributed by atoms with Gasteiger partial charge in [-0.05, 0) is 42.3 Å². The van der Waals surface area contributed by atoms with Crippen LogP contribution < -0.4 is 10.5 Å². The van der Waals surface area contributed by atoms with Gasteiger partial charge in [-0.25, -0.2) is 4.79 Å². The molecule has 0 radical (unpaired) electrons. The van der Waals surface area contributed by atoms with Gasteiger partial charge in [0.05, 0.1) is 11.9 Å². The molecule has 1 aromatic heterocycles. The van der Waals surface area contributed by atoms with Crippen molar-refractivity contribution < 1.29 is 19.4 Å². The summed E-state index contributed by atoms with van der Waals surface area (Å²) in [5.74, 6) is -1.12. The van der Waals surface area contributed by atoms with E-state index in [0.29, 0.717) is 22.7 Å². The third-order valence-corrected chi connectivity index (χ3v) is 4.61. The monoisotopic (exact) mass is 410 g/mol. The van der Waals surface area contributed by atoms with Crippen LogP contribution >= 0.6 is 11.6 Å². The first-order chi connectivity index (χ1) is 12.9. The van der Waals surface area contributed by atoms with Crippen LogP contribution in [-0.4, -0.2) is 57.7 Å². The van der Waals surface area contributed by atoms with Crippen molar-refractivity contribution in [1.29, 1.82) is 0 Å². The van der Waals surface area contributed by atoms with Gasteiger partial charge in [0.2, 0.25) is 5.91 Å². The molecule has 8 heteroatoms. The predicted molar refractivity (Wildman–Crippen MR) is 110 cm³/mol. The normalized spacial score (nSPS) is 10.5. The Hall–Kier alpha value is -1.99. The summed E-state index contributed by atoms with van der Waals surface area (Å²) in [5.41, 5.74) is 8.89. The number of fused-ring (bicyclic) bond motifs is 1. The second kappa shape index (κ2) is 9.47. The molecule has 0 bridgehead atoms. The van der Waals surface area contributed by atoms with E-state index in [9.17, 15) is 9.59 Å². The number of carbonyl (C=O) groups excluding carboxylic acids is 1. The molecule has 6 nitrogen and oxygen atoms in total. The Labute approximate surface area is 189 Å². The molecule has 3 N–H and O–H groups in total. The molecular weight excluding hydrogens is 391 g/mol. The number of hydrogen-bond acceptors (Lipinski definition) is 3. The van der Waals surface area contributed by atoms with Crippen LogP contribution in [0.4, 0.5) is 0 Å². The van der Waals surface area contributed by atoms with Crippen molar-refractivity contribution in [2.24, 2.45) is 5.73 Å². The van der Waals surface area contributed by atoms with Crippen LogP contribution in [-0.2, 0) is 22.6 Å². The fourth-order valence-corrected chi connectivity index (χ4v) is 3.46. The summed E-state index contributed by atoms with van der Waals surface area (Å²) >= 11 is 6.09. The van der Waals surface area contributed by atoms with Gasteiger partial charge < -0.3 is 20.1 Å². The van der Waals surface area contributed by atoms with Crippen molar-refractivity contribution in [1.82, 2.24) is 4.57 Å². The van der Waals surface area contributed by atoms with Crippen LogP contribution in [0.2, 0.25) is 5.02 Å². The molecule has 1 heterocycles. The average Bonchev–Trinajstić information content (AvgIpc) is 2.86. The Balaban J connectivity index is 0.00000280. The molecule has 0 aliphatic carbocycles. The van der Waals surface area contributed by atoms with Gasteiger partial charge in [-0.2, -0.15) is 0 Å². The number of carboxylic acids is 1. The molecule has 0 spiro atoms. The molecule has 28 heavy (non-hydrogen) atoms. The van der Waals surface area contributed by atoms with Gasteiger partial charge in [-0.1, -0.05) is 29.8 Å². The molecule has 0 aliphatic rings. The van der Waals surface area contributed by atoms with E-state index in [2.05, 4.69) is 0 Å². The number of nitrogens with zero attached hydrogens (tertiary/aromatic N) is 1. The molecule has 0 saturated heterocycles. The maximum absolute atomic E-state index is 11.6. The summed E-state index contributed by atoms with van der Waals surface area (Å²) in [7, 11) is 0. The van der Waals surface area contributed by atoms with E-state index in [1.165, 1.54) is 0 Å². The van der Waals surface area contributed by atoms with E-state index < -0.39 is 18.5 Å². The summed E-state index contributed by atoms with van der Waals surface area (Å²) in [6.45, 7) is 1.99. The van der Waals surface area contributed by atoms with Crippen LogP contribution in [0.15, 0.2) is 42.5 Å². The first-order valence-electron chi connectivity index (χ1n) is 8.35. The van der Waals surface area contributed by atoms with Crippen molar-refractivity contribution in [3.05, 3.63) is 64.3 Å². The number of primary amides is 1. The number of ether oxygens (including phenoxy) is 1. The van der Waals surface area contributed by atoms with Crippen molar-refractivity contribution >= 4 is 63.9 Å². The van der Waals surface area contributed by atoms with Gasteiger partial charge in [0.1, 0.15) is 5.75 Å². The van der Waals surface area contributed by atoms with Gasteiger partial charge in [-0.15, -0.1) is 0 Å². The number of hydrogen-bond donors (Lipinski definition) is 2. The minimum atomic E-state index is -1.07. The van der Waals surface area contributed by atoms with E-state index in [1.807, 2.05) is 41.8 Å². The van der Waals surface area contributed by atoms with Crippen molar-refractivity contribution in [2.45, 2.75) is 19.9 Å². The van der Waals surface area contributed by atoms with Crippen LogP contribution in [0, 0.1) is 6.92 Å². The minimum absolute atomic E-state index is 0. The zero-order valence-corrected chi connectivity index (χ0v) is 15.5. The molecule has 1 amide bonds. The number of carbonyl (C=O) groups is 2. The van der Waals surface area contributed by atoms with E-state index >= 15 is 0 Å². The fourth-order valence-electron chi connectivity index (χ4n) is 3.24. The first kappa shape index (κ1) is 22.3. The van der Waals surface area contributed by atoms with Crippen LogP contribution in [0.3, 0.4) is 0 Å². The number of rotatable bonds is 7. The van der Waals surface area contributed by atoms with Gasteiger partial charge in [-0.3, -0.25) is 4.79 Å². The molecule has 0 saturated carbocycles. The standard InChI is InChI=1S/C20H19ClN2O4.Na.H/c1-12-15(9-18(22)24)20-16(6-3-7-17(20)27-11-19(25)26)23(12)10-13-4-2-5-14(21)8-13;;/h2-8H,9-11H2,1H3,(H2,22,24)(H,25,26);;. The number of amides is 1. The van der Waals surface area contributed by atoms with E-state index in [1.54, 1.807) is 12.1 Å². The third-order valence-electron chi connectivity index (χ3n) is 4.37. The zero-order valence-electron chi connectivity index (χ0n) is 14.7. The molecule has 0 atom stereocenters. The summed E-state index contributed by atoms with van der Waals surface area (Å²) in [4.78, 5) is 22.5. The molecule has 142 valence electrons. The Morgan fingerprint density at radius 3 is 2.57 bits per heavy atom. The quantitative estimate of drug-likeness (QED) is 0.585. The van der Waals surface area contributed by atoms with Gasteiger partial charge in [0, 0.05) is 22.6 Å². The number of aromatic nitrogens is 1. The molecule has 0 unspecified atom stereocenters. The van der Waals surface area contributed by atoms with Crippen molar-refractivity contribution in [2.75, 3.05) is 6.61 Å². The Morgan fingerprint density at radius 2 is 1.93 bits per heavy atom. The van der Waals surface area contributed by atoms with E-state index in [4.69, 9.17) is 27.2 Å². The topological polar surface area (TPSA) is 94.6 Å². The second-order valence-electron chi connectivity index (χ2n) is 6.26. The first-order valence-corrected chi connectivity index (χ1v) is 8.72. The molecule has 3 rings (SSSR count). The number of carboxylic acid groups (broad SMARTS) is 1. The molecule has 0 fully saturated rings. The maximum atomic E-state index is 11.6. The molecule has 2 aromatic carbocycles. The van der Waals surface area contributed by atoms with Gasteiger partial charge in [0.15, 0.2) is 6.61 Å². The Bertz CT molecular complexity index is 1030. The summed E-state index contributed by atoms with van der Waals surface area (Å²) in [6, 6.07) is 12.9. The number of benzene rings is 2. The Kier molecular flexibility index (Phi) is 7.55. The van der Waals surface area contributed by atoms with Gasteiger partial charge >= 0.3 is 35.5 Å². The Morgan fingerprint density at radius 1 is 1.21 bits per heavy atom. The van der Waals surface area contributed by atoms with Crippen molar-refractivity contribution in [3.63, 3.8) is 0 Å². The third kappa shape index (κ3) is 4.89. The van der Waals surface area contributed by atoms with Crippen molar-refractivity contribution in [3.8, 4) is 5.75 Å². The molecule has 0 aliphatic heterocycles. The molecular formula is C20H20ClN2NaO4. The van der Waals surface area contributed by atoms with Crippen LogP contribution in [0.25, 0.3) is 10.9 Å². The number of halogens is 1. The summed E-state index contributed by atoms with van der Waals surface area (Å²) in [6.07, 6.45) is 0.0400. The zero-order chi connectivity index (χ0) is 19.6. The van der Waals surface area contributed by atoms with Crippen LogP contribution in [0.1, 0.15) is 16.8 Å². The van der Waals surface area contributed by atoms with Gasteiger partial charge in [0.25, 0.3) is 0 Å².